The smallest absolute Gasteiger partial charge is 0.150 e. The molecule has 0 aromatic carbocycles. The Balaban J connectivity index is 2.13. The van der Waals surface area contributed by atoms with E-state index in [0.29, 0.717) is 18.1 Å². The predicted octanol–water partition coefficient (Wildman–Crippen LogP) is 0.580. The van der Waals surface area contributed by atoms with E-state index in [1.807, 2.05) is 0 Å². The first-order chi connectivity index (χ1) is 7.58. The molecule has 4 nitrogen and oxygen atoms in total. The van der Waals surface area contributed by atoms with Crippen LogP contribution in [0.25, 0.3) is 0 Å². The molecule has 5 heteroatoms. The molecule has 2 fully saturated rings. The van der Waals surface area contributed by atoms with Gasteiger partial charge in [-0.05, 0) is 31.7 Å². The van der Waals surface area contributed by atoms with Gasteiger partial charge < -0.3 is 10.1 Å². The highest BCUT2D eigenvalue weighted by atomic mass is 32.2. The molecule has 0 saturated carbocycles. The fourth-order valence-electron chi connectivity index (χ4n) is 3.07. The molecule has 94 valence electrons. The quantitative estimate of drug-likeness (QED) is 0.792. The summed E-state index contributed by atoms with van der Waals surface area (Å²) >= 11 is 0. The minimum absolute atomic E-state index is 0.0867. The van der Waals surface area contributed by atoms with E-state index >= 15 is 0 Å². The van der Waals surface area contributed by atoms with Gasteiger partial charge in [0.1, 0.15) is 0 Å². The molecule has 16 heavy (non-hydrogen) atoms. The highest BCUT2D eigenvalue weighted by Crippen LogP contribution is 2.35. The minimum atomic E-state index is -2.80. The van der Waals surface area contributed by atoms with Crippen LogP contribution >= 0.6 is 0 Å². The van der Waals surface area contributed by atoms with E-state index in [1.54, 1.807) is 7.11 Å². The first-order valence-electron chi connectivity index (χ1n) is 6.02. The molecule has 2 aliphatic rings. The zero-order chi connectivity index (χ0) is 11.6. The zero-order valence-corrected chi connectivity index (χ0v) is 10.7. The van der Waals surface area contributed by atoms with Gasteiger partial charge in [0.15, 0.2) is 9.84 Å². The Kier molecular flexibility index (Phi) is 3.56. The van der Waals surface area contributed by atoms with Crippen molar-refractivity contribution >= 4 is 9.84 Å². The summed E-state index contributed by atoms with van der Waals surface area (Å²) in [5, 5.41) is 3.52. The standard InChI is InChI=1S/C11H21NO3S/c1-15-9-11(5-2-3-6-12-11)10-4-7-16(13,14)8-10/h10,12H,2-9H2,1H3. The number of hydrogen-bond acceptors (Lipinski definition) is 4. The number of piperidine rings is 1. The molecule has 0 radical (unpaired) electrons. The van der Waals surface area contributed by atoms with Crippen molar-refractivity contribution in [1.29, 1.82) is 0 Å². The highest BCUT2D eigenvalue weighted by molar-refractivity contribution is 7.91. The Morgan fingerprint density at radius 3 is 2.75 bits per heavy atom. The van der Waals surface area contributed by atoms with Crippen LogP contribution < -0.4 is 5.32 Å². The molecule has 0 aromatic rings. The Morgan fingerprint density at radius 2 is 2.25 bits per heavy atom. The predicted molar refractivity (Wildman–Crippen MR) is 63.2 cm³/mol. The Hall–Kier alpha value is -0.130. The van der Waals surface area contributed by atoms with Crippen LogP contribution in [-0.2, 0) is 14.6 Å². The van der Waals surface area contributed by atoms with Gasteiger partial charge in [-0.15, -0.1) is 0 Å². The summed E-state index contributed by atoms with van der Waals surface area (Å²) in [4.78, 5) is 0. The molecule has 2 aliphatic heterocycles. The molecule has 2 atom stereocenters. The first-order valence-corrected chi connectivity index (χ1v) is 7.84. The van der Waals surface area contributed by atoms with Gasteiger partial charge in [0.25, 0.3) is 0 Å². The molecular weight excluding hydrogens is 226 g/mol. The summed E-state index contributed by atoms with van der Waals surface area (Å²) in [6.07, 6.45) is 4.19. The fourth-order valence-corrected chi connectivity index (χ4v) is 4.98. The Labute approximate surface area is 97.7 Å². The zero-order valence-electron chi connectivity index (χ0n) is 9.87. The summed E-state index contributed by atoms with van der Waals surface area (Å²) in [5.41, 5.74) is -0.0867. The van der Waals surface area contributed by atoms with Crippen molar-refractivity contribution in [2.45, 2.75) is 31.2 Å². The van der Waals surface area contributed by atoms with Gasteiger partial charge in [-0.1, -0.05) is 6.42 Å². The Morgan fingerprint density at radius 1 is 1.44 bits per heavy atom. The van der Waals surface area contributed by atoms with E-state index in [1.165, 1.54) is 12.8 Å². The van der Waals surface area contributed by atoms with E-state index in [-0.39, 0.29) is 11.5 Å². The van der Waals surface area contributed by atoms with Gasteiger partial charge in [-0.2, -0.15) is 0 Å². The Bertz CT molecular complexity index is 328. The summed E-state index contributed by atoms with van der Waals surface area (Å²) in [6.45, 7) is 1.62. The van der Waals surface area contributed by atoms with Crippen LogP contribution in [0, 0.1) is 5.92 Å². The minimum Gasteiger partial charge on any atom is -0.383 e. The summed E-state index contributed by atoms with van der Waals surface area (Å²) in [5.74, 6) is 0.923. The van der Waals surface area contributed by atoms with Gasteiger partial charge in [-0.25, -0.2) is 8.42 Å². The van der Waals surface area contributed by atoms with E-state index < -0.39 is 9.84 Å². The third-order valence-corrected chi connectivity index (χ3v) is 5.71. The topological polar surface area (TPSA) is 55.4 Å². The van der Waals surface area contributed by atoms with Crippen LogP contribution in [0.2, 0.25) is 0 Å². The monoisotopic (exact) mass is 247 g/mol. The van der Waals surface area contributed by atoms with Crippen molar-refractivity contribution in [3.63, 3.8) is 0 Å². The molecule has 0 spiro atoms. The third kappa shape index (κ3) is 2.41. The molecule has 1 N–H and O–H groups in total. The van der Waals surface area contributed by atoms with Gasteiger partial charge in [0.2, 0.25) is 0 Å². The average Bonchev–Trinajstić information content (AvgIpc) is 2.61. The lowest BCUT2D eigenvalue weighted by Crippen LogP contribution is -2.57. The number of hydrogen-bond donors (Lipinski definition) is 1. The van der Waals surface area contributed by atoms with Gasteiger partial charge in [0.05, 0.1) is 18.1 Å². The molecule has 2 heterocycles. The van der Waals surface area contributed by atoms with Crippen molar-refractivity contribution in [2.24, 2.45) is 5.92 Å². The molecule has 2 unspecified atom stereocenters. The molecule has 0 aromatic heterocycles. The largest absolute Gasteiger partial charge is 0.383 e. The molecule has 2 saturated heterocycles. The molecule has 0 aliphatic carbocycles. The second kappa shape index (κ2) is 4.63. The van der Waals surface area contributed by atoms with Crippen LogP contribution in [0.15, 0.2) is 0 Å². The SMILES string of the molecule is COCC1(C2CCS(=O)(=O)C2)CCCCN1. The van der Waals surface area contributed by atoms with Crippen LogP contribution in [0.3, 0.4) is 0 Å². The van der Waals surface area contributed by atoms with Crippen molar-refractivity contribution in [2.75, 3.05) is 31.8 Å². The van der Waals surface area contributed by atoms with Crippen molar-refractivity contribution in [3.05, 3.63) is 0 Å². The lowest BCUT2D eigenvalue weighted by atomic mass is 9.78. The lowest BCUT2D eigenvalue weighted by Gasteiger charge is -2.42. The third-order valence-electron chi connectivity index (χ3n) is 3.94. The second-order valence-electron chi connectivity index (χ2n) is 5.07. The second-order valence-corrected chi connectivity index (χ2v) is 7.30. The summed E-state index contributed by atoms with van der Waals surface area (Å²) < 4.78 is 28.4. The first kappa shape index (κ1) is 12.3. The molecular formula is C11H21NO3S. The maximum atomic E-state index is 11.6. The van der Waals surface area contributed by atoms with E-state index in [4.69, 9.17) is 4.74 Å². The number of ether oxygens (including phenoxy) is 1. The lowest BCUT2D eigenvalue weighted by molar-refractivity contribution is 0.0552. The van der Waals surface area contributed by atoms with Gasteiger partial charge in [0, 0.05) is 12.6 Å². The van der Waals surface area contributed by atoms with E-state index in [2.05, 4.69) is 5.32 Å². The molecule has 0 bridgehead atoms. The van der Waals surface area contributed by atoms with Crippen LogP contribution in [-0.4, -0.2) is 45.7 Å². The molecule has 2 rings (SSSR count). The number of sulfone groups is 1. The number of rotatable bonds is 3. The van der Waals surface area contributed by atoms with Gasteiger partial charge in [-0.3, -0.25) is 0 Å². The number of methoxy groups -OCH3 is 1. The maximum absolute atomic E-state index is 11.6. The molecule has 0 amide bonds. The maximum Gasteiger partial charge on any atom is 0.150 e. The fraction of sp³-hybridized carbons (Fsp3) is 1.00. The van der Waals surface area contributed by atoms with Crippen LogP contribution in [0.4, 0.5) is 0 Å². The highest BCUT2D eigenvalue weighted by Gasteiger charge is 2.45. The van der Waals surface area contributed by atoms with Gasteiger partial charge >= 0.3 is 0 Å². The van der Waals surface area contributed by atoms with Crippen molar-refractivity contribution in [3.8, 4) is 0 Å². The van der Waals surface area contributed by atoms with Crippen LogP contribution in [0.5, 0.6) is 0 Å². The van der Waals surface area contributed by atoms with Crippen molar-refractivity contribution in [1.82, 2.24) is 5.32 Å². The summed E-state index contributed by atoms with van der Waals surface area (Å²) in [7, 11) is -1.10. The normalized spacial score (nSPS) is 38.7. The van der Waals surface area contributed by atoms with E-state index in [0.717, 1.165) is 19.4 Å². The van der Waals surface area contributed by atoms with Crippen LogP contribution in [0.1, 0.15) is 25.7 Å². The average molecular weight is 247 g/mol. The van der Waals surface area contributed by atoms with E-state index in [9.17, 15) is 8.42 Å². The summed E-state index contributed by atoms with van der Waals surface area (Å²) in [6, 6.07) is 0. The number of nitrogens with one attached hydrogen (secondary N) is 1. The van der Waals surface area contributed by atoms with Crippen molar-refractivity contribution < 1.29 is 13.2 Å².